The van der Waals surface area contributed by atoms with Crippen molar-refractivity contribution in [2.24, 2.45) is 5.73 Å². The van der Waals surface area contributed by atoms with Crippen molar-refractivity contribution in [3.05, 3.63) is 35.9 Å². The van der Waals surface area contributed by atoms with Crippen LogP contribution in [0.2, 0.25) is 0 Å². The summed E-state index contributed by atoms with van der Waals surface area (Å²) < 4.78 is 0. The Balaban J connectivity index is 1.82. The summed E-state index contributed by atoms with van der Waals surface area (Å²) in [5.41, 5.74) is 6.39. The van der Waals surface area contributed by atoms with Crippen LogP contribution in [0.3, 0.4) is 0 Å². The van der Waals surface area contributed by atoms with E-state index in [9.17, 15) is 9.59 Å². The van der Waals surface area contributed by atoms with Crippen molar-refractivity contribution in [3.8, 4) is 0 Å². The third-order valence-electron chi connectivity index (χ3n) is 3.25. The minimum Gasteiger partial charge on any atom is -0.343 e. The SMILES string of the molecule is N[C@H]1CCCN(C(=O)CNC(=O)c2ccccc2)C1. The number of nitrogens with zero attached hydrogens (tertiary/aromatic N) is 1. The molecular formula is C14H19N3O2. The van der Waals surface area contributed by atoms with Gasteiger partial charge in [0.05, 0.1) is 6.54 Å². The zero-order valence-corrected chi connectivity index (χ0v) is 10.8. The Bertz CT molecular complexity index is 447. The maximum atomic E-state index is 11.9. The number of carbonyl (C=O) groups excluding carboxylic acids is 2. The van der Waals surface area contributed by atoms with Crippen LogP contribution in [0.4, 0.5) is 0 Å². The van der Waals surface area contributed by atoms with E-state index in [2.05, 4.69) is 5.32 Å². The average molecular weight is 261 g/mol. The summed E-state index contributed by atoms with van der Waals surface area (Å²) in [6.45, 7) is 1.34. The van der Waals surface area contributed by atoms with E-state index in [0.29, 0.717) is 12.1 Å². The minimum atomic E-state index is -0.227. The predicted molar refractivity (Wildman–Crippen MR) is 72.6 cm³/mol. The fourth-order valence-corrected chi connectivity index (χ4v) is 2.20. The molecule has 0 unspecified atom stereocenters. The lowest BCUT2D eigenvalue weighted by Crippen LogP contribution is -2.48. The Labute approximate surface area is 112 Å². The third-order valence-corrected chi connectivity index (χ3v) is 3.25. The molecule has 1 fully saturated rings. The van der Waals surface area contributed by atoms with Gasteiger partial charge in [0.2, 0.25) is 5.91 Å². The van der Waals surface area contributed by atoms with E-state index in [1.54, 1.807) is 29.2 Å². The molecule has 2 rings (SSSR count). The van der Waals surface area contributed by atoms with Gasteiger partial charge in [0.1, 0.15) is 0 Å². The van der Waals surface area contributed by atoms with Crippen molar-refractivity contribution in [2.45, 2.75) is 18.9 Å². The van der Waals surface area contributed by atoms with Crippen LogP contribution < -0.4 is 11.1 Å². The van der Waals surface area contributed by atoms with E-state index >= 15 is 0 Å². The van der Waals surface area contributed by atoms with Crippen LogP contribution >= 0.6 is 0 Å². The number of hydrogen-bond donors (Lipinski definition) is 2. The van der Waals surface area contributed by atoms with Crippen molar-refractivity contribution < 1.29 is 9.59 Å². The summed E-state index contributed by atoms with van der Waals surface area (Å²) in [7, 11) is 0. The van der Waals surface area contributed by atoms with Crippen LogP contribution in [-0.4, -0.2) is 42.4 Å². The van der Waals surface area contributed by atoms with Crippen LogP contribution in [0.15, 0.2) is 30.3 Å². The molecule has 1 saturated heterocycles. The van der Waals surface area contributed by atoms with Crippen molar-refractivity contribution in [2.75, 3.05) is 19.6 Å². The molecule has 0 spiro atoms. The summed E-state index contributed by atoms with van der Waals surface area (Å²) >= 11 is 0. The standard InChI is InChI=1S/C14H19N3O2/c15-12-7-4-8-17(10-12)13(18)9-16-14(19)11-5-2-1-3-6-11/h1-3,5-6,12H,4,7-10,15H2,(H,16,19)/t12-/m0/s1. The molecule has 0 aromatic heterocycles. The number of amides is 2. The quantitative estimate of drug-likeness (QED) is 0.825. The van der Waals surface area contributed by atoms with Gasteiger partial charge >= 0.3 is 0 Å². The Hall–Kier alpha value is -1.88. The Morgan fingerprint density at radius 2 is 2.05 bits per heavy atom. The van der Waals surface area contributed by atoms with Gasteiger partial charge in [-0.15, -0.1) is 0 Å². The second-order valence-corrected chi connectivity index (χ2v) is 4.79. The molecule has 0 radical (unpaired) electrons. The van der Waals surface area contributed by atoms with Gasteiger partial charge in [0.25, 0.3) is 5.91 Å². The van der Waals surface area contributed by atoms with Crippen LogP contribution in [0.5, 0.6) is 0 Å². The van der Waals surface area contributed by atoms with E-state index in [4.69, 9.17) is 5.73 Å². The highest BCUT2D eigenvalue weighted by molar-refractivity contribution is 5.96. The molecule has 1 aliphatic heterocycles. The summed E-state index contributed by atoms with van der Waals surface area (Å²) in [4.78, 5) is 25.4. The highest BCUT2D eigenvalue weighted by Crippen LogP contribution is 2.08. The molecule has 19 heavy (non-hydrogen) atoms. The predicted octanol–water partition coefficient (Wildman–Crippen LogP) is 0.366. The highest BCUT2D eigenvalue weighted by Gasteiger charge is 2.21. The molecule has 0 bridgehead atoms. The van der Waals surface area contributed by atoms with Crippen molar-refractivity contribution in [1.82, 2.24) is 10.2 Å². The fourth-order valence-electron chi connectivity index (χ4n) is 2.20. The Morgan fingerprint density at radius 1 is 1.32 bits per heavy atom. The number of hydrogen-bond acceptors (Lipinski definition) is 3. The minimum absolute atomic E-state index is 0.0282. The molecule has 1 heterocycles. The zero-order valence-electron chi connectivity index (χ0n) is 10.8. The summed E-state index contributed by atoms with van der Waals surface area (Å²) in [5, 5.41) is 2.64. The Morgan fingerprint density at radius 3 is 2.74 bits per heavy atom. The molecule has 0 aliphatic carbocycles. The molecule has 2 amide bonds. The number of likely N-dealkylation sites (tertiary alicyclic amines) is 1. The average Bonchev–Trinajstić information content (AvgIpc) is 2.45. The number of piperidine rings is 1. The van der Waals surface area contributed by atoms with Crippen molar-refractivity contribution >= 4 is 11.8 Å². The highest BCUT2D eigenvalue weighted by atomic mass is 16.2. The second-order valence-electron chi connectivity index (χ2n) is 4.79. The van der Waals surface area contributed by atoms with Gasteiger partial charge < -0.3 is 16.0 Å². The molecule has 1 aromatic rings. The van der Waals surface area contributed by atoms with Crippen LogP contribution in [0.25, 0.3) is 0 Å². The van der Waals surface area contributed by atoms with Gasteiger partial charge in [-0.3, -0.25) is 9.59 Å². The largest absolute Gasteiger partial charge is 0.343 e. The van der Waals surface area contributed by atoms with Crippen LogP contribution in [-0.2, 0) is 4.79 Å². The first-order valence-electron chi connectivity index (χ1n) is 6.53. The third kappa shape index (κ3) is 3.79. The maximum Gasteiger partial charge on any atom is 0.251 e. The summed E-state index contributed by atoms with van der Waals surface area (Å²) in [6.07, 6.45) is 1.89. The Kier molecular flexibility index (Phi) is 4.52. The first-order valence-corrected chi connectivity index (χ1v) is 6.53. The van der Waals surface area contributed by atoms with Gasteiger partial charge in [-0.1, -0.05) is 18.2 Å². The van der Waals surface area contributed by atoms with Crippen LogP contribution in [0, 0.1) is 0 Å². The lowest BCUT2D eigenvalue weighted by atomic mass is 10.1. The normalized spacial score (nSPS) is 19.0. The van der Waals surface area contributed by atoms with Gasteiger partial charge in [0, 0.05) is 24.7 Å². The van der Waals surface area contributed by atoms with Gasteiger partial charge in [-0.25, -0.2) is 0 Å². The number of nitrogens with one attached hydrogen (secondary N) is 1. The summed E-state index contributed by atoms with van der Waals surface area (Å²) in [6, 6.07) is 8.92. The molecule has 102 valence electrons. The second kappa shape index (κ2) is 6.33. The molecule has 5 heteroatoms. The number of rotatable bonds is 3. The number of benzene rings is 1. The molecule has 3 N–H and O–H groups in total. The lowest BCUT2D eigenvalue weighted by molar-refractivity contribution is -0.131. The number of carbonyl (C=O) groups is 2. The van der Waals surface area contributed by atoms with E-state index in [1.165, 1.54) is 0 Å². The van der Waals surface area contributed by atoms with Crippen molar-refractivity contribution in [1.29, 1.82) is 0 Å². The number of nitrogens with two attached hydrogens (primary N) is 1. The molecule has 1 aromatic carbocycles. The van der Waals surface area contributed by atoms with Gasteiger partial charge in [0.15, 0.2) is 0 Å². The molecule has 1 atom stereocenters. The monoisotopic (exact) mass is 261 g/mol. The van der Waals surface area contributed by atoms with Crippen molar-refractivity contribution in [3.63, 3.8) is 0 Å². The van der Waals surface area contributed by atoms with E-state index in [-0.39, 0.29) is 24.4 Å². The molecule has 5 nitrogen and oxygen atoms in total. The van der Waals surface area contributed by atoms with Gasteiger partial charge in [-0.05, 0) is 25.0 Å². The van der Waals surface area contributed by atoms with E-state index in [0.717, 1.165) is 19.4 Å². The molecular weight excluding hydrogens is 242 g/mol. The maximum absolute atomic E-state index is 11.9. The summed E-state index contributed by atoms with van der Waals surface area (Å²) in [5.74, 6) is -0.297. The van der Waals surface area contributed by atoms with E-state index < -0.39 is 0 Å². The first kappa shape index (κ1) is 13.5. The molecule has 0 saturated carbocycles. The van der Waals surface area contributed by atoms with E-state index in [1.807, 2.05) is 6.07 Å². The van der Waals surface area contributed by atoms with Crippen LogP contribution in [0.1, 0.15) is 23.2 Å². The van der Waals surface area contributed by atoms with Gasteiger partial charge in [-0.2, -0.15) is 0 Å². The molecule has 1 aliphatic rings. The lowest BCUT2D eigenvalue weighted by Gasteiger charge is -2.30. The topological polar surface area (TPSA) is 75.4 Å². The smallest absolute Gasteiger partial charge is 0.251 e. The zero-order chi connectivity index (χ0) is 13.7. The fraction of sp³-hybridized carbons (Fsp3) is 0.429. The first-order chi connectivity index (χ1) is 9.16.